The van der Waals surface area contributed by atoms with Crippen LogP contribution in [0.5, 0.6) is 0 Å². The lowest BCUT2D eigenvalue weighted by Gasteiger charge is -2.42. The Bertz CT molecular complexity index is 696. The molecule has 5 nitrogen and oxygen atoms in total. The van der Waals surface area contributed by atoms with E-state index in [2.05, 4.69) is 59.9 Å². The number of hydrogen-bond donors (Lipinski definition) is 0. The first kappa shape index (κ1) is 29.8. The highest BCUT2D eigenvalue weighted by atomic mass is 28.4. The van der Waals surface area contributed by atoms with Crippen LogP contribution < -0.4 is 0 Å². The minimum atomic E-state index is -1.99. The van der Waals surface area contributed by atoms with Crippen molar-refractivity contribution in [3.05, 3.63) is 23.8 Å². The Hall–Kier alpha value is -1.24. The first-order valence-corrected chi connectivity index (χ1v) is 15.3. The second kappa shape index (κ2) is 12.5. The van der Waals surface area contributed by atoms with Gasteiger partial charge in [0.25, 0.3) is 0 Å². The molecule has 0 N–H and O–H groups in total. The van der Waals surface area contributed by atoms with E-state index in [9.17, 15) is 9.59 Å². The van der Waals surface area contributed by atoms with Crippen molar-refractivity contribution in [1.29, 1.82) is 0 Å². The average molecular weight is 481 g/mol. The highest BCUT2D eigenvalue weighted by Crippen LogP contribution is 2.39. The van der Waals surface area contributed by atoms with Crippen LogP contribution >= 0.6 is 0 Å². The molecule has 1 aliphatic heterocycles. The highest BCUT2D eigenvalue weighted by molar-refractivity contribution is 6.74. The summed E-state index contributed by atoms with van der Waals surface area (Å²) in [4.78, 5) is 23.0. The fourth-order valence-electron chi connectivity index (χ4n) is 3.61. The number of aldehydes is 1. The predicted octanol–water partition coefficient (Wildman–Crippen LogP) is 6.77. The number of carbonyl (C=O) groups is 2. The maximum absolute atomic E-state index is 11.9. The smallest absolute Gasteiger partial charge is 0.306 e. The molecule has 0 unspecified atom stereocenters. The van der Waals surface area contributed by atoms with E-state index in [1.54, 1.807) is 0 Å². The summed E-state index contributed by atoms with van der Waals surface area (Å²) in [6.45, 7) is 21.2. The Labute approximate surface area is 203 Å². The van der Waals surface area contributed by atoms with Crippen molar-refractivity contribution < 1.29 is 23.5 Å². The van der Waals surface area contributed by atoms with Gasteiger partial charge in [-0.1, -0.05) is 52.3 Å². The van der Waals surface area contributed by atoms with E-state index in [1.807, 2.05) is 26.8 Å². The van der Waals surface area contributed by atoms with Crippen LogP contribution in [-0.2, 0) is 23.5 Å². The van der Waals surface area contributed by atoms with Crippen LogP contribution in [0.15, 0.2) is 23.8 Å². The Morgan fingerprint density at radius 1 is 1.12 bits per heavy atom. The van der Waals surface area contributed by atoms with E-state index in [4.69, 9.17) is 13.9 Å². The van der Waals surface area contributed by atoms with E-state index < -0.39 is 13.9 Å². The molecule has 1 aliphatic rings. The molecule has 1 rings (SSSR count). The molecule has 0 amide bonds. The molecular formula is C27H48O5Si. The van der Waals surface area contributed by atoms with Crippen molar-refractivity contribution in [1.82, 2.24) is 0 Å². The zero-order chi connectivity index (χ0) is 25.4. The van der Waals surface area contributed by atoms with Gasteiger partial charge in [-0.25, -0.2) is 0 Å². The second-order valence-corrected chi connectivity index (χ2v) is 16.7. The van der Waals surface area contributed by atoms with Crippen LogP contribution in [0.25, 0.3) is 0 Å². The molecule has 0 aromatic rings. The van der Waals surface area contributed by atoms with E-state index in [0.29, 0.717) is 18.8 Å². The molecule has 0 saturated carbocycles. The molecule has 0 saturated heterocycles. The van der Waals surface area contributed by atoms with Gasteiger partial charge < -0.3 is 18.7 Å². The van der Waals surface area contributed by atoms with E-state index in [-0.39, 0.29) is 29.3 Å². The number of esters is 1. The maximum Gasteiger partial charge on any atom is 0.306 e. The van der Waals surface area contributed by atoms with Gasteiger partial charge in [0, 0.05) is 12.8 Å². The molecule has 0 bridgehead atoms. The van der Waals surface area contributed by atoms with E-state index in [1.165, 1.54) is 0 Å². The number of hydrogen-bond acceptors (Lipinski definition) is 5. The van der Waals surface area contributed by atoms with Crippen LogP contribution in [0.3, 0.4) is 0 Å². The van der Waals surface area contributed by atoms with Crippen molar-refractivity contribution in [2.75, 3.05) is 0 Å². The van der Waals surface area contributed by atoms with Gasteiger partial charge >= 0.3 is 5.97 Å². The number of allylic oxidation sites excluding steroid dienone is 1. The molecule has 0 aromatic heterocycles. The highest BCUT2D eigenvalue weighted by Gasteiger charge is 2.41. The fourth-order valence-corrected chi connectivity index (χ4v) is 4.85. The van der Waals surface area contributed by atoms with Gasteiger partial charge in [-0.3, -0.25) is 4.79 Å². The monoisotopic (exact) mass is 480 g/mol. The summed E-state index contributed by atoms with van der Waals surface area (Å²) in [5.74, 6) is 0.229. The zero-order valence-electron chi connectivity index (χ0n) is 22.7. The summed E-state index contributed by atoms with van der Waals surface area (Å²) in [6, 6.07) is 0. The Balaban J connectivity index is 2.78. The van der Waals surface area contributed by atoms with Gasteiger partial charge in [-0.2, -0.15) is 0 Å². The molecule has 0 spiro atoms. The first-order chi connectivity index (χ1) is 15.1. The Morgan fingerprint density at radius 3 is 2.30 bits per heavy atom. The average Bonchev–Trinajstić information content (AvgIpc) is 2.64. The third-order valence-electron chi connectivity index (χ3n) is 6.41. The van der Waals surface area contributed by atoms with Gasteiger partial charge in [-0.05, 0) is 70.2 Å². The normalized spacial score (nSPS) is 23.3. The third-order valence-corrected chi connectivity index (χ3v) is 10.9. The maximum atomic E-state index is 11.9. The lowest BCUT2D eigenvalue weighted by atomic mass is 9.95. The first-order valence-electron chi connectivity index (χ1n) is 12.4. The van der Waals surface area contributed by atoms with Gasteiger partial charge in [0.15, 0.2) is 8.32 Å². The summed E-state index contributed by atoms with van der Waals surface area (Å²) in [6.07, 6.45) is 10.3. The molecule has 0 fully saturated rings. The molecule has 190 valence electrons. The molecule has 33 heavy (non-hydrogen) atoms. The van der Waals surface area contributed by atoms with Crippen molar-refractivity contribution >= 4 is 20.6 Å². The molecule has 6 heteroatoms. The van der Waals surface area contributed by atoms with Gasteiger partial charge in [-0.15, -0.1) is 0 Å². The van der Waals surface area contributed by atoms with Gasteiger partial charge in [0.2, 0.25) is 0 Å². The SMILES string of the molecule is C/C(=C\[C@H](C)CCCCC(=O)OC(C)(C)C)[C@@H]1O[C@@H](CC=O)C=C[C@H]1O[Si](C)(C)C(C)(C)C. The Kier molecular flexibility index (Phi) is 11.2. The topological polar surface area (TPSA) is 61.8 Å². The molecule has 0 radical (unpaired) electrons. The third kappa shape index (κ3) is 10.7. The zero-order valence-corrected chi connectivity index (χ0v) is 23.7. The van der Waals surface area contributed by atoms with E-state index >= 15 is 0 Å². The standard InChI is InChI=1S/C27H48O5Si/c1-20(13-11-12-14-24(29)31-26(3,4)5)19-21(2)25-23(16-15-22(30-25)17-18-28)32-33(9,10)27(6,7)8/h15-16,18-20,22-23,25H,11-14,17H2,1-10H3/b21-19+/t20-,22-,23-,25+/m1/s1. The van der Waals surface area contributed by atoms with Crippen molar-refractivity contribution in [2.24, 2.45) is 5.92 Å². The summed E-state index contributed by atoms with van der Waals surface area (Å²) in [7, 11) is -1.99. The van der Waals surface area contributed by atoms with Crippen molar-refractivity contribution in [3.63, 3.8) is 0 Å². The fraction of sp³-hybridized carbons (Fsp3) is 0.778. The van der Waals surface area contributed by atoms with Gasteiger partial charge in [0.1, 0.15) is 18.0 Å². The van der Waals surface area contributed by atoms with E-state index in [0.717, 1.165) is 31.1 Å². The molecule has 0 aromatic carbocycles. The van der Waals surface area contributed by atoms with Crippen molar-refractivity contribution in [3.8, 4) is 0 Å². The van der Waals surface area contributed by atoms with Crippen molar-refractivity contribution in [2.45, 2.75) is 130 Å². The van der Waals surface area contributed by atoms with Crippen LogP contribution in [0.2, 0.25) is 18.1 Å². The van der Waals surface area contributed by atoms with Crippen LogP contribution in [-0.4, -0.2) is 44.5 Å². The molecular weight excluding hydrogens is 432 g/mol. The van der Waals surface area contributed by atoms with Crippen LogP contribution in [0, 0.1) is 5.92 Å². The summed E-state index contributed by atoms with van der Waals surface area (Å²) in [5, 5.41) is 0.101. The second-order valence-electron chi connectivity index (χ2n) is 11.9. The number of ether oxygens (including phenoxy) is 2. The Morgan fingerprint density at radius 2 is 1.76 bits per heavy atom. The molecule has 1 heterocycles. The number of carbonyl (C=O) groups excluding carboxylic acids is 2. The number of unbranched alkanes of at least 4 members (excludes halogenated alkanes) is 1. The summed E-state index contributed by atoms with van der Waals surface area (Å²) < 4.78 is 18.4. The minimum absolute atomic E-state index is 0.101. The molecule has 0 aliphatic carbocycles. The molecule has 4 atom stereocenters. The summed E-state index contributed by atoms with van der Waals surface area (Å²) in [5.41, 5.74) is 0.710. The lowest BCUT2D eigenvalue weighted by molar-refractivity contribution is -0.154. The lowest BCUT2D eigenvalue weighted by Crippen LogP contribution is -2.49. The largest absolute Gasteiger partial charge is 0.460 e. The summed E-state index contributed by atoms with van der Waals surface area (Å²) >= 11 is 0. The quantitative estimate of drug-likeness (QED) is 0.107. The number of rotatable bonds is 11. The van der Waals surface area contributed by atoms with Crippen LogP contribution in [0.4, 0.5) is 0 Å². The van der Waals surface area contributed by atoms with Crippen LogP contribution in [0.1, 0.15) is 87.5 Å². The van der Waals surface area contributed by atoms with Gasteiger partial charge in [0.05, 0.1) is 12.2 Å². The minimum Gasteiger partial charge on any atom is -0.460 e. The predicted molar refractivity (Wildman–Crippen MR) is 138 cm³/mol.